The highest BCUT2D eigenvalue weighted by Crippen LogP contribution is 2.25. The van der Waals surface area contributed by atoms with Crippen molar-refractivity contribution in [2.45, 2.75) is 0 Å². The Morgan fingerprint density at radius 3 is 2.09 bits per heavy atom. The van der Waals surface area contributed by atoms with Gasteiger partial charge in [-0.2, -0.15) is 0 Å². The van der Waals surface area contributed by atoms with E-state index in [1.54, 1.807) is 20.3 Å². The molecule has 0 heterocycles. The van der Waals surface area contributed by atoms with E-state index in [4.69, 9.17) is 45.5 Å². The van der Waals surface area contributed by atoms with Crippen molar-refractivity contribution in [3.8, 4) is 0 Å². The molecule has 0 spiro atoms. The lowest BCUT2D eigenvalue weighted by atomic mass is 10.3. The molecular formula is C14H21ClN4O2S2. The molecule has 6 nitrogen and oxygen atoms in total. The fraction of sp³-hybridized carbons (Fsp3) is 0.429. The van der Waals surface area contributed by atoms with Gasteiger partial charge in [0.1, 0.15) is 0 Å². The van der Waals surface area contributed by atoms with Crippen LogP contribution in [-0.2, 0) is 9.47 Å². The number of hydrogen-bond acceptors (Lipinski definition) is 4. The largest absolute Gasteiger partial charge is 0.383 e. The molecular weight excluding hydrogens is 356 g/mol. The molecule has 0 saturated heterocycles. The normalized spacial score (nSPS) is 10.0. The van der Waals surface area contributed by atoms with E-state index in [1.165, 1.54) is 0 Å². The molecule has 4 N–H and O–H groups in total. The molecule has 0 aliphatic heterocycles. The summed E-state index contributed by atoms with van der Waals surface area (Å²) in [5.74, 6) is 0. The molecule has 0 aliphatic carbocycles. The first-order valence-corrected chi connectivity index (χ1v) is 8.13. The van der Waals surface area contributed by atoms with E-state index < -0.39 is 0 Å². The first-order chi connectivity index (χ1) is 11.1. The quantitative estimate of drug-likeness (QED) is 0.407. The highest BCUT2D eigenvalue weighted by molar-refractivity contribution is 7.80. The highest BCUT2D eigenvalue weighted by Gasteiger charge is 2.05. The summed E-state index contributed by atoms with van der Waals surface area (Å²) in [6.45, 7) is 2.42. The second-order valence-electron chi connectivity index (χ2n) is 4.44. The Balaban J connectivity index is 2.50. The molecule has 0 aromatic heterocycles. The van der Waals surface area contributed by atoms with Gasteiger partial charge in [0.25, 0.3) is 0 Å². The number of methoxy groups -OCH3 is 2. The smallest absolute Gasteiger partial charge is 0.170 e. The first-order valence-electron chi connectivity index (χ1n) is 6.94. The Labute approximate surface area is 152 Å². The lowest BCUT2D eigenvalue weighted by molar-refractivity contribution is 0.204. The van der Waals surface area contributed by atoms with Crippen LogP contribution in [0.15, 0.2) is 18.2 Å². The van der Waals surface area contributed by atoms with Gasteiger partial charge in [-0.05, 0) is 42.6 Å². The molecule has 1 aromatic rings. The van der Waals surface area contributed by atoms with Crippen molar-refractivity contribution < 1.29 is 9.47 Å². The maximum absolute atomic E-state index is 6.25. The molecule has 0 amide bonds. The second-order valence-corrected chi connectivity index (χ2v) is 5.67. The Bertz CT molecular complexity index is 531. The first kappa shape index (κ1) is 19.9. The number of halogens is 1. The monoisotopic (exact) mass is 376 g/mol. The van der Waals surface area contributed by atoms with Crippen molar-refractivity contribution in [3.63, 3.8) is 0 Å². The number of rotatable bonds is 8. The van der Waals surface area contributed by atoms with Crippen LogP contribution >= 0.6 is 36.0 Å². The fourth-order valence-corrected chi connectivity index (χ4v) is 2.23. The summed E-state index contributed by atoms with van der Waals surface area (Å²) >= 11 is 16.6. The van der Waals surface area contributed by atoms with E-state index >= 15 is 0 Å². The summed E-state index contributed by atoms with van der Waals surface area (Å²) in [5, 5.41) is 13.6. The van der Waals surface area contributed by atoms with Crippen LogP contribution in [0.5, 0.6) is 0 Å². The van der Waals surface area contributed by atoms with E-state index in [-0.39, 0.29) is 0 Å². The summed E-state index contributed by atoms with van der Waals surface area (Å²) in [4.78, 5) is 0. The standard InChI is InChI=1S/C14H21ClN4O2S2/c1-20-7-5-16-13(22)18-10-3-4-12(11(15)9-10)19-14(23)17-6-8-21-2/h3-4,9H,5-8H2,1-2H3,(H2,16,18,22)(H2,17,19,23). The maximum Gasteiger partial charge on any atom is 0.170 e. The predicted octanol–water partition coefficient (Wildman–Crippen LogP) is 2.21. The summed E-state index contributed by atoms with van der Waals surface area (Å²) in [5.41, 5.74) is 1.50. The van der Waals surface area contributed by atoms with Crippen molar-refractivity contribution in [1.82, 2.24) is 10.6 Å². The highest BCUT2D eigenvalue weighted by atomic mass is 35.5. The average Bonchev–Trinajstić information content (AvgIpc) is 2.50. The lowest BCUT2D eigenvalue weighted by Crippen LogP contribution is -2.31. The molecule has 128 valence electrons. The van der Waals surface area contributed by atoms with Crippen molar-refractivity contribution in [2.24, 2.45) is 0 Å². The van der Waals surface area contributed by atoms with E-state index in [0.717, 1.165) is 5.69 Å². The average molecular weight is 377 g/mol. The van der Waals surface area contributed by atoms with E-state index in [2.05, 4.69) is 21.3 Å². The Morgan fingerprint density at radius 2 is 1.57 bits per heavy atom. The van der Waals surface area contributed by atoms with Crippen molar-refractivity contribution in [3.05, 3.63) is 23.2 Å². The van der Waals surface area contributed by atoms with Crippen LogP contribution in [0.2, 0.25) is 5.02 Å². The third kappa shape index (κ3) is 8.29. The molecule has 1 rings (SSSR count). The van der Waals surface area contributed by atoms with Crippen molar-refractivity contribution in [1.29, 1.82) is 0 Å². The number of anilines is 2. The number of benzene rings is 1. The molecule has 0 radical (unpaired) electrons. The summed E-state index contributed by atoms with van der Waals surface area (Å²) in [6.07, 6.45) is 0. The van der Waals surface area contributed by atoms with Gasteiger partial charge in [-0.1, -0.05) is 11.6 Å². The predicted molar refractivity (Wildman–Crippen MR) is 104 cm³/mol. The molecule has 0 fully saturated rings. The van der Waals surface area contributed by atoms with Gasteiger partial charge in [-0.3, -0.25) is 0 Å². The number of ether oxygens (including phenoxy) is 2. The Hall–Kier alpha value is -1.19. The second kappa shape index (κ2) is 11.4. The van der Waals surface area contributed by atoms with Crippen LogP contribution in [0.25, 0.3) is 0 Å². The molecule has 0 saturated carbocycles. The maximum atomic E-state index is 6.25. The topological polar surface area (TPSA) is 66.6 Å². The third-order valence-corrected chi connectivity index (χ3v) is 3.46. The Kier molecular flexibility index (Phi) is 9.81. The van der Waals surface area contributed by atoms with Crippen LogP contribution in [-0.4, -0.2) is 50.7 Å². The zero-order chi connectivity index (χ0) is 17.1. The van der Waals surface area contributed by atoms with Crippen LogP contribution in [0.1, 0.15) is 0 Å². The molecule has 9 heteroatoms. The van der Waals surface area contributed by atoms with Crippen molar-refractivity contribution >= 4 is 57.6 Å². The van der Waals surface area contributed by atoms with Crippen LogP contribution < -0.4 is 21.3 Å². The molecule has 0 unspecified atom stereocenters. The minimum Gasteiger partial charge on any atom is -0.383 e. The fourth-order valence-electron chi connectivity index (χ4n) is 1.57. The summed E-state index contributed by atoms with van der Waals surface area (Å²) in [6, 6.07) is 5.45. The van der Waals surface area contributed by atoms with Crippen molar-refractivity contribution in [2.75, 3.05) is 51.2 Å². The number of hydrogen-bond donors (Lipinski definition) is 4. The van der Waals surface area contributed by atoms with Crippen LogP contribution in [0.4, 0.5) is 11.4 Å². The van der Waals surface area contributed by atoms with Gasteiger partial charge in [0.15, 0.2) is 10.2 Å². The van der Waals surface area contributed by atoms with E-state index in [1.807, 2.05) is 12.1 Å². The Morgan fingerprint density at radius 1 is 1.00 bits per heavy atom. The zero-order valence-electron chi connectivity index (χ0n) is 13.1. The van der Waals surface area contributed by atoms with E-state index in [0.29, 0.717) is 47.2 Å². The zero-order valence-corrected chi connectivity index (χ0v) is 15.5. The number of thiocarbonyl (C=S) groups is 2. The van der Waals surface area contributed by atoms with Gasteiger partial charge in [0.2, 0.25) is 0 Å². The van der Waals surface area contributed by atoms with E-state index in [9.17, 15) is 0 Å². The number of nitrogens with one attached hydrogen (secondary N) is 4. The molecule has 0 bridgehead atoms. The molecule has 0 aliphatic rings. The summed E-state index contributed by atoms with van der Waals surface area (Å²) in [7, 11) is 3.27. The minimum atomic E-state index is 0.487. The molecule has 1 aromatic carbocycles. The SMILES string of the molecule is COCCNC(=S)Nc1ccc(NC(=S)NCCOC)c(Cl)c1. The van der Waals surface area contributed by atoms with Gasteiger partial charge < -0.3 is 30.7 Å². The molecule has 23 heavy (non-hydrogen) atoms. The third-order valence-electron chi connectivity index (χ3n) is 2.66. The summed E-state index contributed by atoms with van der Waals surface area (Å²) < 4.78 is 9.89. The minimum absolute atomic E-state index is 0.487. The van der Waals surface area contributed by atoms with Gasteiger partial charge >= 0.3 is 0 Å². The van der Waals surface area contributed by atoms with Crippen LogP contribution in [0, 0.1) is 0 Å². The van der Waals surface area contributed by atoms with Gasteiger partial charge in [-0.25, -0.2) is 0 Å². The van der Waals surface area contributed by atoms with Crippen LogP contribution in [0.3, 0.4) is 0 Å². The van der Waals surface area contributed by atoms with Gasteiger partial charge in [-0.15, -0.1) is 0 Å². The van der Waals surface area contributed by atoms with Gasteiger partial charge in [0, 0.05) is 33.0 Å². The lowest BCUT2D eigenvalue weighted by Gasteiger charge is -2.14. The van der Waals surface area contributed by atoms with Gasteiger partial charge in [0.05, 0.1) is 23.9 Å². The molecule has 0 atom stereocenters.